The summed E-state index contributed by atoms with van der Waals surface area (Å²) in [6, 6.07) is 5.76. The van der Waals surface area contributed by atoms with Gasteiger partial charge in [0.25, 0.3) is 11.8 Å². The average molecular weight is 261 g/mol. The molecule has 98 valence electrons. The number of carbonyl (C=O) groups excluding carboxylic acids is 2. The summed E-state index contributed by atoms with van der Waals surface area (Å²) >= 11 is 0. The van der Waals surface area contributed by atoms with Crippen LogP contribution in [0.1, 0.15) is 20.7 Å². The number of carboxylic acids is 1. The number of ether oxygens (including phenoxy) is 1. The van der Waals surface area contributed by atoms with E-state index >= 15 is 0 Å². The van der Waals surface area contributed by atoms with Crippen LogP contribution in [0.2, 0.25) is 0 Å². The van der Waals surface area contributed by atoms with Crippen LogP contribution in [-0.2, 0) is 9.53 Å². The highest BCUT2D eigenvalue weighted by Crippen LogP contribution is 2.29. The van der Waals surface area contributed by atoms with Crippen molar-refractivity contribution in [1.29, 1.82) is 0 Å². The van der Waals surface area contributed by atoms with Crippen LogP contribution >= 0.6 is 0 Å². The number of benzene rings is 1. The van der Waals surface area contributed by atoms with Gasteiger partial charge in [-0.15, -0.1) is 0 Å². The van der Waals surface area contributed by atoms with Crippen molar-refractivity contribution in [3.63, 3.8) is 0 Å². The van der Waals surface area contributed by atoms with Crippen LogP contribution in [-0.4, -0.2) is 47.0 Å². The molecular formula is C13H11NO5. The number of carboxylic acid groups (broad SMARTS) is 1. The Bertz CT molecular complexity index is 547. The molecule has 2 unspecified atom stereocenters. The monoisotopic (exact) mass is 261 g/mol. The predicted octanol–water partition coefficient (Wildman–Crippen LogP) is 0.382. The molecule has 0 aliphatic carbocycles. The Kier molecular flexibility index (Phi) is 2.60. The van der Waals surface area contributed by atoms with Gasteiger partial charge >= 0.3 is 5.97 Å². The molecule has 2 heterocycles. The van der Waals surface area contributed by atoms with Gasteiger partial charge < -0.3 is 9.84 Å². The lowest BCUT2D eigenvalue weighted by Crippen LogP contribution is -2.46. The van der Waals surface area contributed by atoms with Gasteiger partial charge in [0.2, 0.25) is 0 Å². The van der Waals surface area contributed by atoms with E-state index < -0.39 is 29.7 Å². The second-order valence-corrected chi connectivity index (χ2v) is 4.58. The third-order valence-electron chi connectivity index (χ3n) is 3.52. The molecule has 0 spiro atoms. The fourth-order valence-electron chi connectivity index (χ4n) is 2.54. The molecule has 0 saturated carbocycles. The van der Waals surface area contributed by atoms with Crippen LogP contribution in [0.3, 0.4) is 0 Å². The zero-order valence-corrected chi connectivity index (χ0v) is 9.91. The molecule has 1 aromatic carbocycles. The first-order chi connectivity index (χ1) is 9.11. The fraction of sp³-hybridized carbons (Fsp3) is 0.308. The van der Waals surface area contributed by atoms with Gasteiger partial charge in [-0.2, -0.15) is 0 Å². The Morgan fingerprint density at radius 3 is 2.26 bits per heavy atom. The zero-order valence-electron chi connectivity index (χ0n) is 9.91. The van der Waals surface area contributed by atoms with Crippen LogP contribution in [0.25, 0.3) is 0 Å². The molecule has 1 aromatic rings. The Balaban J connectivity index is 1.98. The minimum atomic E-state index is -1.06. The van der Waals surface area contributed by atoms with Crippen molar-refractivity contribution in [2.75, 3.05) is 13.2 Å². The molecule has 2 amide bonds. The van der Waals surface area contributed by atoms with Gasteiger partial charge in [-0.05, 0) is 12.1 Å². The molecule has 6 heteroatoms. The third-order valence-corrected chi connectivity index (χ3v) is 3.52. The topological polar surface area (TPSA) is 83.9 Å². The molecule has 3 rings (SSSR count). The van der Waals surface area contributed by atoms with E-state index in [1.54, 1.807) is 24.3 Å². The van der Waals surface area contributed by atoms with Crippen molar-refractivity contribution in [2.45, 2.75) is 6.04 Å². The lowest BCUT2D eigenvalue weighted by atomic mass is 10.0. The standard InChI is InChI=1S/C13H11NO5/c15-11-7-3-1-2-4-8(7)12(16)14(11)10-6-19-5-9(10)13(17)18/h1-4,9-10H,5-6H2,(H,17,18). The highest BCUT2D eigenvalue weighted by Gasteiger charge is 2.47. The van der Waals surface area contributed by atoms with Crippen LogP contribution in [0.15, 0.2) is 24.3 Å². The Morgan fingerprint density at radius 1 is 1.16 bits per heavy atom. The largest absolute Gasteiger partial charge is 0.481 e. The van der Waals surface area contributed by atoms with Gasteiger partial charge in [0.05, 0.1) is 30.4 Å². The second kappa shape index (κ2) is 4.17. The Morgan fingerprint density at radius 2 is 1.74 bits per heavy atom. The number of imide groups is 1. The van der Waals surface area contributed by atoms with Crippen LogP contribution < -0.4 is 0 Å². The molecule has 6 nitrogen and oxygen atoms in total. The summed E-state index contributed by atoms with van der Waals surface area (Å²) in [6.45, 7) is 0.0931. The van der Waals surface area contributed by atoms with Gasteiger partial charge in [-0.25, -0.2) is 0 Å². The smallest absolute Gasteiger partial charge is 0.311 e. The lowest BCUT2D eigenvalue weighted by Gasteiger charge is -2.23. The number of carbonyl (C=O) groups is 3. The third kappa shape index (κ3) is 1.64. The van der Waals surface area contributed by atoms with Crippen molar-refractivity contribution in [3.05, 3.63) is 35.4 Å². The highest BCUT2D eigenvalue weighted by molar-refractivity contribution is 6.21. The summed E-state index contributed by atoms with van der Waals surface area (Å²) in [5.74, 6) is -2.80. The fourth-order valence-corrected chi connectivity index (χ4v) is 2.54. The normalized spacial score (nSPS) is 25.8. The zero-order chi connectivity index (χ0) is 13.6. The van der Waals surface area contributed by atoms with E-state index in [2.05, 4.69) is 0 Å². The molecular weight excluding hydrogens is 250 g/mol. The van der Waals surface area contributed by atoms with Gasteiger partial charge in [0.15, 0.2) is 0 Å². The van der Waals surface area contributed by atoms with Crippen molar-refractivity contribution < 1.29 is 24.2 Å². The Hall–Kier alpha value is -2.21. The summed E-state index contributed by atoms with van der Waals surface area (Å²) in [7, 11) is 0. The number of nitrogens with zero attached hydrogens (tertiary/aromatic N) is 1. The van der Waals surface area contributed by atoms with Crippen molar-refractivity contribution in [3.8, 4) is 0 Å². The van der Waals surface area contributed by atoms with Gasteiger partial charge in [-0.3, -0.25) is 19.3 Å². The number of fused-ring (bicyclic) bond motifs is 1. The molecule has 1 fully saturated rings. The van der Waals surface area contributed by atoms with E-state index in [-0.39, 0.29) is 13.2 Å². The summed E-state index contributed by atoms with van der Waals surface area (Å²) in [4.78, 5) is 36.6. The van der Waals surface area contributed by atoms with E-state index in [4.69, 9.17) is 9.84 Å². The Labute approximate surface area is 108 Å². The number of aliphatic carboxylic acids is 1. The maximum Gasteiger partial charge on any atom is 0.311 e. The molecule has 1 N–H and O–H groups in total. The molecule has 2 atom stereocenters. The van der Waals surface area contributed by atoms with Gasteiger partial charge in [0.1, 0.15) is 5.92 Å². The van der Waals surface area contributed by atoms with Crippen molar-refractivity contribution in [1.82, 2.24) is 4.90 Å². The summed E-state index contributed by atoms with van der Waals surface area (Å²) in [6.07, 6.45) is 0. The van der Waals surface area contributed by atoms with Gasteiger partial charge in [-0.1, -0.05) is 12.1 Å². The van der Waals surface area contributed by atoms with Crippen LogP contribution in [0.4, 0.5) is 0 Å². The first-order valence-corrected chi connectivity index (χ1v) is 5.88. The second-order valence-electron chi connectivity index (χ2n) is 4.58. The predicted molar refractivity (Wildman–Crippen MR) is 62.7 cm³/mol. The molecule has 0 radical (unpaired) electrons. The van der Waals surface area contributed by atoms with Crippen LogP contribution in [0.5, 0.6) is 0 Å². The van der Waals surface area contributed by atoms with Crippen molar-refractivity contribution in [2.24, 2.45) is 5.92 Å². The van der Waals surface area contributed by atoms with Gasteiger partial charge in [0, 0.05) is 0 Å². The van der Waals surface area contributed by atoms with E-state index in [1.807, 2.05) is 0 Å². The molecule has 1 saturated heterocycles. The van der Waals surface area contributed by atoms with E-state index in [9.17, 15) is 14.4 Å². The molecule has 0 aromatic heterocycles. The van der Waals surface area contributed by atoms with Crippen LogP contribution in [0, 0.1) is 5.92 Å². The highest BCUT2D eigenvalue weighted by atomic mass is 16.5. The summed E-state index contributed by atoms with van der Waals surface area (Å²) < 4.78 is 5.11. The first-order valence-electron chi connectivity index (χ1n) is 5.88. The van der Waals surface area contributed by atoms with E-state index in [0.717, 1.165) is 4.90 Å². The number of amides is 2. The first kappa shape index (κ1) is 11.9. The van der Waals surface area contributed by atoms with E-state index in [1.165, 1.54) is 0 Å². The summed E-state index contributed by atoms with van der Waals surface area (Å²) in [5, 5.41) is 9.10. The molecule has 2 aliphatic rings. The minimum absolute atomic E-state index is 0.0212. The number of rotatable bonds is 2. The van der Waals surface area contributed by atoms with Crippen molar-refractivity contribution >= 4 is 17.8 Å². The number of hydrogen-bond donors (Lipinski definition) is 1. The molecule has 0 bridgehead atoms. The maximum absolute atomic E-state index is 12.2. The van der Waals surface area contributed by atoms with E-state index in [0.29, 0.717) is 11.1 Å². The maximum atomic E-state index is 12.2. The summed E-state index contributed by atoms with van der Waals surface area (Å²) in [5.41, 5.74) is 0.645. The molecule has 2 aliphatic heterocycles. The average Bonchev–Trinajstić information content (AvgIpc) is 2.95. The molecule has 19 heavy (non-hydrogen) atoms. The SMILES string of the molecule is O=C(O)C1COCC1N1C(=O)c2ccccc2C1=O. The lowest BCUT2D eigenvalue weighted by molar-refractivity contribution is -0.142. The quantitative estimate of drug-likeness (QED) is 0.778. The number of hydrogen-bond acceptors (Lipinski definition) is 4. The minimum Gasteiger partial charge on any atom is -0.481 e.